The molecule has 3 nitrogen and oxygen atoms in total. The van der Waals surface area contributed by atoms with Gasteiger partial charge in [0.05, 0.1) is 12.3 Å². The van der Waals surface area contributed by atoms with Gasteiger partial charge in [-0.25, -0.2) is 0 Å². The van der Waals surface area contributed by atoms with Crippen LogP contribution >= 0.6 is 0 Å². The van der Waals surface area contributed by atoms with Crippen molar-refractivity contribution in [2.75, 3.05) is 11.9 Å². The zero-order valence-corrected chi connectivity index (χ0v) is 6.87. The highest BCUT2D eigenvalue weighted by molar-refractivity contribution is 5.58. The molecular formula is C9H10N2O. The van der Waals surface area contributed by atoms with Crippen LogP contribution in [0.5, 0.6) is 5.75 Å². The molecule has 0 atom stereocenters. The molecule has 0 saturated heterocycles. The van der Waals surface area contributed by atoms with E-state index in [1.807, 2.05) is 31.3 Å². The molecule has 0 unspecified atom stereocenters. The van der Waals surface area contributed by atoms with Crippen LogP contribution in [0.1, 0.15) is 6.92 Å². The number of anilines is 1. The fraction of sp³-hybridized carbons (Fsp3) is 0.222. The number of nitriles is 1. The predicted octanol–water partition coefficient (Wildman–Crippen LogP) is 1.98. The molecule has 0 fully saturated rings. The zero-order valence-electron chi connectivity index (χ0n) is 6.87. The SMILES string of the molecule is CCOc1ccccc1NC#N. The highest BCUT2D eigenvalue weighted by Crippen LogP contribution is 2.22. The lowest BCUT2D eigenvalue weighted by molar-refractivity contribution is 0.342. The van der Waals surface area contributed by atoms with E-state index in [0.717, 1.165) is 0 Å². The van der Waals surface area contributed by atoms with Gasteiger partial charge >= 0.3 is 0 Å². The summed E-state index contributed by atoms with van der Waals surface area (Å²) in [5.74, 6) is 0.710. The average molecular weight is 162 g/mol. The minimum absolute atomic E-state index is 0.601. The van der Waals surface area contributed by atoms with Crippen molar-refractivity contribution in [1.29, 1.82) is 5.26 Å². The smallest absolute Gasteiger partial charge is 0.181 e. The van der Waals surface area contributed by atoms with Gasteiger partial charge in [-0.15, -0.1) is 0 Å². The van der Waals surface area contributed by atoms with Gasteiger partial charge in [0.25, 0.3) is 0 Å². The maximum Gasteiger partial charge on any atom is 0.181 e. The van der Waals surface area contributed by atoms with Crippen LogP contribution in [0.25, 0.3) is 0 Å². The third-order valence-corrected chi connectivity index (χ3v) is 1.38. The van der Waals surface area contributed by atoms with Gasteiger partial charge in [-0.05, 0) is 19.1 Å². The van der Waals surface area contributed by atoms with Gasteiger partial charge in [0.15, 0.2) is 6.19 Å². The summed E-state index contributed by atoms with van der Waals surface area (Å²) >= 11 is 0. The summed E-state index contributed by atoms with van der Waals surface area (Å²) in [4.78, 5) is 0. The van der Waals surface area contributed by atoms with Crippen LogP contribution < -0.4 is 10.1 Å². The zero-order chi connectivity index (χ0) is 8.81. The van der Waals surface area contributed by atoms with Gasteiger partial charge < -0.3 is 4.74 Å². The minimum Gasteiger partial charge on any atom is -0.492 e. The van der Waals surface area contributed by atoms with Crippen molar-refractivity contribution in [2.45, 2.75) is 6.92 Å². The normalized spacial score (nSPS) is 8.67. The third-order valence-electron chi connectivity index (χ3n) is 1.38. The third kappa shape index (κ3) is 1.89. The first kappa shape index (κ1) is 8.41. The first-order chi connectivity index (χ1) is 5.88. The summed E-state index contributed by atoms with van der Waals surface area (Å²) in [5, 5.41) is 10.9. The van der Waals surface area contributed by atoms with Crippen molar-refractivity contribution in [2.24, 2.45) is 0 Å². The molecule has 0 radical (unpaired) electrons. The fourth-order valence-corrected chi connectivity index (χ4v) is 0.912. The van der Waals surface area contributed by atoms with Gasteiger partial charge in [0, 0.05) is 0 Å². The number of rotatable bonds is 3. The second-order valence-corrected chi connectivity index (χ2v) is 2.17. The maximum absolute atomic E-state index is 8.40. The Morgan fingerprint density at radius 1 is 1.50 bits per heavy atom. The van der Waals surface area contributed by atoms with Crippen molar-refractivity contribution >= 4 is 5.69 Å². The Hall–Kier alpha value is -1.69. The Bertz CT molecular complexity index is 291. The molecule has 0 spiro atoms. The molecule has 0 heterocycles. The maximum atomic E-state index is 8.40. The van der Waals surface area contributed by atoms with E-state index in [9.17, 15) is 0 Å². The highest BCUT2D eigenvalue weighted by Gasteiger charge is 1.98. The van der Waals surface area contributed by atoms with Crippen molar-refractivity contribution < 1.29 is 4.74 Å². The van der Waals surface area contributed by atoms with Crippen LogP contribution in [0.3, 0.4) is 0 Å². The Morgan fingerprint density at radius 2 is 2.25 bits per heavy atom. The molecule has 1 rings (SSSR count). The van der Waals surface area contributed by atoms with E-state index < -0.39 is 0 Å². The average Bonchev–Trinajstić information content (AvgIpc) is 2.09. The summed E-state index contributed by atoms with van der Waals surface area (Å²) < 4.78 is 5.28. The van der Waals surface area contributed by atoms with Crippen LogP contribution in [0.2, 0.25) is 0 Å². The van der Waals surface area contributed by atoms with Crippen molar-refractivity contribution in [3.63, 3.8) is 0 Å². The van der Waals surface area contributed by atoms with E-state index >= 15 is 0 Å². The van der Waals surface area contributed by atoms with E-state index in [1.54, 1.807) is 6.07 Å². The van der Waals surface area contributed by atoms with Gasteiger partial charge in [-0.2, -0.15) is 5.26 Å². The Kier molecular flexibility index (Phi) is 2.97. The van der Waals surface area contributed by atoms with E-state index in [0.29, 0.717) is 18.0 Å². The van der Waals surface area contributed by atoms with E-state index in [-0.39, 0.29) is 0 Å². The monoisotopic (exact) mass is 162 g/mol. The van der Waals surface area contributed by atoms with Crippen LogP contribution in [0.15, 0.2) is 24.3 Å². The second kappa shape index (κ2) is 4.24. The summed E-state index contributed by atoms with van der Waals surface area (Å²) in [6, 6.07) is 7.34. The van der Waals surface area contributed by atoms with Crippen molar-refractivity contribution in [1.82, 2.24) is 0 Å². The lowest BCUT2D eigenvalue weighted by Crippen LogP contribution is -1.96. The van der Waals surface area contributed by atoms with Crippen molar-refractivity contribution in [3.8, 4) is 11.9 Å². The fourth-order valence-electron chi connectivity index (χ4n) is 0.912. The number of hydrogen-bond donors (Lipinski definition) is 1. The molecule has 0 saturated carbocycles. The van der Waals surface area contributed by atoms with Crippen LogP contribution in [-0.4, -0.2) is 6.61 Å². The van der Waals surface area contributed by atoms with Crippen LogP contribution in [0, 0.1) is 11.5 Å². The molecule has 0 amide bonds. The van der Waals surface area contributed by atoms with E-state index in [2.05, 4.69) is 5.32 Å². The van der Waals surface area contributed by atoms with Gasteiger partial charge in [0.2, 0.25) is 0 Å². The molecular weight excluding hydrogens is 152 g/mol. The molecule has 1 aromatic rings. The van der Waals surface area contributed by atoms with E-state index in [4.69, 9.17) is 10.00 Å². The van der Waals surface area contributed by atoms with Gasteiger partial charge in [-0.1, -0.05) is 12.1 Å². The van der Waals surface area contributed by atoms with Crippen LogP contribution in [-0.2, 0) is 0 Å². The number of ether oxygens (including phenoxy) is 1. The molecule has 3 heteroatoms. The molecule has 1 N–H and O–H groups in total. The molecule has 12 heavy (non-hydrogen) atoms. The number of nitrogens with zero attached hydrogens (tertiary/aromatic N) is 1. The predicted molar refractivity (Wildman–Crippen MR) is 46.8 cm³/mol. The summed E-state index contributed by atoms with van der Waals surface area (Å²) in [5.41, 5.74) is 0.710. The molecule has 62 valence electrons. The number of para-hydroxylation sites is 2. The standard InChI is InChI=1S/C9H10N2O/c1-2-12-9-6-4-3-5-8(9)11-7-10/h3-6,11H,2H2,1H3. The molecule has 1 aromatic carbocycles. The second-order valence-electron chi connectivity index (χ2n) is 2.17. The van der Waals surface area contributed by atoms with Crippen LogP contribution in [0.4, 0.5) is 5.69 Å². The van der Waals surface area contributed by atoms with Crippen molar-refractivity contribution in [3.05, 3.63) is 24.3 Å². The molecule has 0 aromatic heterocycles. The quantitative estimate of drug-likeness (QED) is 0.546. The molecule has 0 aliphatic rings. The lowest BCUT2D eigenvalue weighted by Gasteiger charge is -2.06. The van der Waals surface area contributed by atoms with Gasteiger partial charge in [0.1, 0.15) is 5.75 Å². The first-order valence-corrected chi connectivity index (χ1v) is 3.75. The number of hydrogen-bond acceptors (Lipinski definition) is 3. The summed E-state index contributed by atoms with van der Waals surface area (Å²) in [6.45, 7) is 2.51. The van der Waals surface area contributed by atoms with E-state index in [1.165, 1.54) is 0 Å². The summed E-state index contributed by atoms with van der Waals surface area (Å²) in [7, 11) is 0. The largest absolute Gasteiger partial charge is 0.492 e. The number of nitrogens with one attached hydrogen (secondary N) is 1. The molecule has 0 aliphatic carbocycles. The number of benzene rings is 1. The minimum atomic E-state index is 0.601. The Morgan fingerprint density at radius 3 is 2.92 bits per heavy atom. The topological polar surface area (TPSA) is 45.0 Å². The van der Waals surface area contributed by atoms with Gasteiger partial charge in [-0.3, -0.25) is 5.32 Å². The Balaban J connectivity index is 2.85. The molecule has 0 aliphatic heterocycles. The molecule has 0 bridgehead atoms. The lowest BCUT2D eigenvalue weighted by atomic mass is 10.3. The first-order valence-electron chi connectivity index (χ1n) is 3.75. The summed E-state index contributed by atoms with van der Waals surface area (Å²) in [6.07, 6.45) is 1.85. The Labute approximate surface area is 71.6 Å². The highest BCUT2D eigenvalue weighted by atomic mass is 16.5.